The molecular weight excluding hydrogens is 472 g/mol. The highest BCUT2D eigenvalue weighted by atomic mass is 16.5. The van der Waals surface area contributed by atoms with Crippen molar-refractivity contribution >= 4 is 22.7 Å². The summed E-state index contributed by atoms with van der Waals surface area (Å²) in [7, 11) is 0. The molecule has 3 aromatic rings. The topological polar surface area (TPSA) is 63.6 Å². The van der Waals surface area contributed by atoms with Gasteiger partial charge in [-0.25, -0.2) is 9.59 Å². The molecule has 0 aromatic heterocycles. The van der Waals surface area contributed by atoms with E-state index in [1.54, 1.807) is 12.1 Å². The molecular formula is C34H46O4. The van der Waals surface area contributed by atoms with Crippen LogP contribution in [0.3, 0.4) is 0 Å². The number of carboxylic acids is 1. The van der Waals surface area contributed by atoms with Gasteiger partial charge in [-0.3, -0.25) is 0 Å². The molecule has 0 unspecified atom stereocenters. The summed E-state index contributed by atoms with van der Waals surface area (Å²) in [6, 6.07) is 21.8. The van der Waals surface area contributed by atoms with Crippen LogP contribution in [0.1, 0.15) is 117 Å². The quantitative estimate of drug-likeness (QED) is 0.151. The average Bonchev–Trinajstić information content (AvgIpc) is 2.94. The lowest BCUT2D eigenvalue weighted by Gasteiger charge is -2.10. The van der Waals surface area contributed by atoms with Crippen LogP contribution in [0.4, 0.5) is 0 Å². The maximum atomic E-state index is 12.3. The molecule has 206 valence electrons. The Morgan fingerprint density at radius 2 is 1.13 bits per heavy atom. The van der Waals surface area contributed by atoms with E-state index in [-0.39, 0.29) is 11.1 Å². The summed E-state index contributed by atoms with van der Waals surface area (Å²) in [5.41, 5.74) is 1.18. The number of rotatable bonds is 16. The second-order valence-electron chi connectivity index (χ2n) is 9.95. The molecule has 3 aromatic carbocycles. The number of carbonyl (C=O) groups excluding carboxylic acids is 1. The van der Waals surface area contributed by atoms with E-state index >= 15 is 0 Å². The highest BCUT2D eigenvalue weighted by molar-refractivity contribution is 6.02. The van der Waals surface area contributed by atoms with Crippen molar-refractivity contribution in [2.24, 2.45) is 0 Å². The Morgan fingerprint density at radius 1 is 0.632 bits per heavy atom. The second kappa shape index (κ2) is 19.0. The molecule has 0 aliphatic rings. The van der Waals surface area contributed by atoms with Gasteiger partial charge in [0, 0.05) is 0 Å². The largest absolute Gasteiger partial charge is 0.478 e. The maximum Gasteiger partial charge on any atom is 0.339 e. The summed E-state index contributed by atoms with van der Waals surface area (Å²) < 4.78 is 5.30. The van der Waals surface area contributed by atoms with Gasteiger partial charge in [0.05, 0.1) is 17.7 Å². The number of ether oxygens (including phenoxy) is 1. The Hall–Kier alpha value is -3.14. The zero-order valence-electron chi connectivity index (χ0n) is 23.4. The molecule has 3 rings (SSSR count). The van der Waals surface area contributed by atoms with Crippen LogP contribution >= 0.6 is 0 Å². The van der Waals surface area contributed by atoms with Crippen LogP contribution in [-0.4, -0.2) is 23.7 Å². The molecule has 38 heavy (non-hydrogen) atoms. The van der Waals surface area contributed by atoms with Crippen molar-refractivity contribution in [1.82, 2.24) is 0 Å². The first-order valence-corrected chi connectivity index (χ1v) is 14.5. The van der Waals surface area contributed by atoms with Gasteiger partial charge in [-0.05, 0) is 47.7 Å². The molecule has 0 fully saturated rings. The van der Waals surface area contributed by atoms with Gasteiger partial charge < -0.3 is 9.84 Å². The standard InChI is InChI=1S/C24H38O4.C10H8/c1-3-5-7-9-11-13-15-20-16-17-21(22(19-20)23(25)26)24(27)28-18-14-12-10-8-6-4-2;1-2-6-10-8-4-3-7-9(10)5-1/h16-17,19H,3-15,18H2,1-2H3,(H,25,26);1-8H. The third kappa shape index (κ3) is 11.9. The first-order valence-electron chi connectivity index (χ1n) is 14.5. The molecule has 4 nitrogen and oxygen atoms in total. The van der Waals surface area contributed by atoms with E-state index in [1.165, 1.54) is 55.7 Å². The molecule has 0 amide bonds. The van der Waals surface area contributed by atoms with Crippen LogP contribution in [0.15, 0.2) is 66.7 Å². The summed E-state index contributed by atoms with van der Waals surface area (Å²) in [6.45, 7) is 4.73. The SMILES string of the molecule is CCCCCCCCOC(=O)c1ccc(CCCCCCCC)cc1C(=O)O.c1ccc2ccccc2c1. The van der Waals surface area contributed by atoms with Gasteiger partial charge in [0.1, 0.15) is 0 Å². The lowest BCUT2D eigenvalue weighted by molar-refractivity contribution is 0.0487. The molecule has 0 aliphatic carbocycles. The highest BCUT2D eigenvalue weighted by Gasteiger charge is 2.18. The van der Waals surface area contributed by atoms with E-state index < -0.39 is 11.9 Å². The summed E-state index contributed by atoms with van der Waals surface area (Å²) in [5, 5.41) is 12.1. The zero-order chi connectivity index (χ0) is 27.4. The minimum atomic E-state index is -1.07. The molecule has 0 radical (unpaired) electrons. The number of esters is 1. The summed E-state index contributed by atoms with van der Waals surface area (Å²) in [6.07, 6.45) is 14.7. The Kier molecular flexibility index (Phi) is 15.5. The molecule has 0 saturated carbocycles. The van der Waals surface area contributed by atoms with E-state index in [0.29, 0.717) is 6.61 Å². The first-order chi connectivity index (χ1) is 18.6. The Morgan fingerprint density at radius 3 is 1.66 bits per heavy atom. The summed E-state index contributed by atoms with van der Waals surface area (Å²) >= 11 is 0. The number of aryl methyl sites for hydroxylation is 1. The van der Waals surface area contributed by atoms with Gasteiger partial charge in [0.2, 0.25) is 0 Å². The molecule has 4 heteroatoms. The fourth-order valence-corrected chi connectivity index (χ4v) is 4.47. The van der Waals surface area contributed by atoms with E-state index in [9.17, 15) is 14.7 Å². The monoisotopic (exact) mass is 518 g/mol. The van der Waals surface area contributed by atoms with Crippen molar-refractivity contribution in [2.75, 3.05) is 6.61 Å². The number of hydrogen-bond acceptors (Lipinski definition) is 3. The molecule has 0 heterocycles. The van der Waals surface area contributed by atoms with Gasteiger partial charge in [-0.2, -0.15) is 0 Å². The zero-order valence-corrected chi connectivity index (χ0v) is 23.4. The van der Waals surface area contributed by atoms with E-state index in [1.807, 2.05) is 6.07 Å². The van der Waals surface area contributed by atoms with Crippen molar-refractivity contribution in [2.45, 2.75) is 97.3 Å². The Bertz CT molecular complexity index is 1020. The predicted octanol–water partition coefficient (Wildman–Crippen LogP) is 9.64. The number of hydrogen-bond donors (Lipinski definition) is 1. The van der Waals surface area contributed by atoms with Crippen molar-refractivity contribution in [1.29, 1.82) is 0 Å². The number of unbranched alkanes of at least 4 members (excludes halogenated alkanes) is 10. The van der Waals surface area contributed by atoms with Crippen LogP contribution < -0.4 is 0 Å². The van der Waals surface area contributed by atoms with Gasteiger partial charge >= 0.3 is 11.9 Å². The van der Waals surface area contributed by atoms with E-state index in [2.05, 4.69) is 62.4 Å². The fourth-order valence-electron chi connectivity index (χ4n) is 4.47. The number of benzene rings is 3. The maximum absolute atomic E-state index is 12.3. The van der Waals surface area contributed by atoms with E-state index in [0.717, 1.165) is 44.1 Å². The molecule has 0 aliphatic heterocycles. The number of aromatic carboxylic acids is 1. The van der Waals surface area contributed by atoms with Crippen LogP contribution in [0.5, 0.6) is 0 Å². The molecule has 1 N–H and O–H groups in total. The van der Waals surface area contributed by atoms with Gasteiger partial charge in [-0.1, -0.05) is 133 Å². The lowest BCUT2D eigenvalue weighted by atomic mass is 9.99. The minimum Gasteiger partial charge on any atom is -0.478 e. The van der Waals surface area contributed by atoms with Crippen LogP contribution in [0.2, 0.25) is 0 Å². The normalized spacial score (nSPS) is 10.6. The molecule has 0 bridgehead atoms. The highest BCUT2D eigenvalue weighted by Crippen LogP contribution is 2.17. The lowest BCUT2D eigenvalue weighted by Crippen LogP contribution is -2.13. The van der Waals surface area contributed by atoms with Crippen molar-refractivity contribution < 1.29 is 19.4 Å². The van der Waals surface area contributed by atoms with Crippen molar-refractivity contribution in [3.63, 3.8) is 0 Å². The third-order valence-corrected chi connectivity index (χ3v) is 6.74. The molecule has 0 atom stereocenters. The summed E-state index contributed by atoms with van der Waals surface area (Å²) in [5.74, 6) is -1.60. The van der Waals surface area contributed by atoms with E-state index in [4.69, 9.17) is 4.74 Å². The van der Waals surface area contributed by atoms with Crippen LogP contribution in [0.25, 0.3) is 10.8 Å². The Labute approximate surface area is 229 Å². The Balaban J connectivity index is 0.000000415. The van der Waals surface area contributed by atoms with Gasteiger partial charge in [0.25, 0.3) is 0 Å². The minimum absolute atomic E-state index is 0.0522. The van der Waals surface area contributed by atoms with Gasteiger partial charge in [-0.15, -0.1) is 0 Å². The number of carbonyl (C=O) groups is 2. The number of carboxylic acid groups (broad SMARTS) is 1. The average molecular weight is 519 g/mol. The number of fused-ring (bicyclic) bond motifs is 1. The van der Waals surface area contributed by atoms with Crippen molar-refractivity contribution in [3.05, 3.63) is 83.4 Å². The van der Waals surface area contributed by atoms with Crippen LogP contribution in [0, 0.1) is 0 Å². The first kappa shape index (κ1) is 31.1. The molecule has 0 saturated heterocycles. The summed E-state index contributed by atoms with van der Waals surface area (Å²) in [4.78, 5) is 23.9. The van der Waals surface area contributed by atoms with Gasteiger partial charge in [0.15, 0.2) is 0 Å². The predicted molar refractivity (Wildman–Crippen MR) is 158 cm³/mol. The van der Waals surface area contributed by atoms with Crippen molar-refractivity contribution in [3.8, 4) is 0 Å². The fraction of sp³-hybridized carbons (Fsp3) is 0.471. The molecule has 0 spiro atoms. The second-order valence-corrected chi connectivity index (χ2v) is 9.95. The van der Waals surface area contributed by atoms with Crippen LogP contribution in [-0.2, 0) is 11.2 Å². The smallest absolute Gasteiger partial charge is 0.339 e. The third-order valence-electron chi connectivity index (χ3n) is 6.74.